The molecule has 0 saturated heterocycles. The van der Waals surface area contributed by atoms with E-state index < -0.39 is 0 Å². The maximum absolute atomic E-state index is 11.3. The summed E-state index contributed by atoms with van der Waals surface area (Å²) in [5.41, 5.74) is 1.39. The molecule has 5 heteroatoms. The van der Waals surface area contributed by atoms with Crippen molar-refractivity contribution < 1.29 is 14.3 Å². The molecule has 0 unspecified atom stereocenters. The maximum Gasteiger partial charge on any atom is 0.339 e. The van der Waals surface area contributed by atoms with Gasteiger partial charge in [0.25, 0.3) is 0 Å². The fraction of sp³-hybridized carbons (Fsp3) is 0.571. The summed E-state index contributed by atoms with van der Waals surface area (Å²) >= 11 is 0. The minimum atomic E-state index is -0.361. The maximum atomic E-state index is 11.3. The van der Waals surface area contributed by atoms with Gasteiger partial charge in [-0.2, -0.15) is 0 Å². The molecule has 1 aliphatic rings. The van der Waals surface area contributed by atoms with Crippen molar-refractivity contribution in [1.29, 1.82) is 0 Å². The number of methoxy groups -OCH3 is 2. The number of hydrogen-bond donors (Lipinski definition) is 1. The quantitative estimate of drug-likeness (QED) is 0.789. The summed E-state index contributed by atoms with van der Waals surface area (Å²) in [7, 11) is 3.13. The van der Waals surface area contributed by atoms with Crippen LogP contribution in [0.2, 0.25) is 0 Å². The smallest absolute Gasteiger partial charge is 0.339 e. The van der Waals surface area contributed by atoms with E-state index in [0.29, 0.717) is 12.1 Å². The van der Waals surface area contributed by atoms with Crippen LogP contribution in [0.4, 0.5) is 0 Å². The number of carbonyl (C=O) groups is 1. The summed E-state index contributed by atoms with van der Waals surface area (Å²) in [6, 6.07) is 3.56. The Bertz CT molecular complexity index is 421. The molecule has 0 spiro atoms. The van der Waals surface area contributed by atoms with Gasteiger partial charge >= 0.3 is 5.97 Å². The van der Waals surface area contributed by atoms with Crippen LogP contribution in [0.3, 0.4) is 0 Å². The number of ether oxygens (including phenoxy) is 2. The Hall–Kier alpha value is -1.46. The lowest BCUT2D eigenvalue weighted by molar-refractivity contribution is -0.0695. The van der Waals surface area contributed by atoms with E-state index in [1.165, 1.54) is 19.7 Å². The second-order valence-electron chi connectivity index (χ2n) is 4.87. The third-order valence-corrected chi connectivity index (χ3v) is 3.70. The van der Waals surface area contributed by atoms with Crippen molar-refractivity contribution in [2.45, 2.75) is 31.4 Å². The Morgan fingerprint density at radius 3 is 2.68 bits per heavy atom. The van der Waals surface area contributed by atoms with Crippen molar-refractivity contribution >= 4 is 5.97 Å². The average Bonchev–Trinajstić information content (AvgIpc) is 2.41. The molecule has 1 fully saturated rings. The topological polar surface area (TPSA) is 60.5 Å². The zero-order chi connectivity index (χ0) is 13.7. The Morgan fingerprint density at radius 2 is 2.21 bits per heavy atom. The molecule has 0 atom stereocenters. The number of rotatable bonds is 6. The first kappa shape index (κ1) is 14.0. The van der Waals surface area contributed by atoms with E-state index in [4.69, 9.17) is 4.74 Å². The molecule has 1 saturated carbocycles. The van der Waals surface area contributed by atoms with Gasteiger partial charge in [-0.05, 0) is 31.4 Å². The largest absolute Gasteiger partial charge is 0.465 e. The molecule has 5 nitrogen and oxygen atoms in total. The SMILES string of the molecule is COC(=O)c1ccc(CNCC2(OC)CCC2)nc1. The van der Waals surface area contributed by atoms with Crippen LogP contribution in [0.15, 0.2) is 18.3 Å². The van der Waals surface area contributed by atoms with E-state index in [-0.39, 0.29) is 11.6 Å². The summed E-state index contributed by atoms with van der Waals surface area (Å²) in [5, 5.41) is 3.35. The average molecular weight is 264 g/mol. The fourth-order valence-electron chi connectivity index (χ4n) is 2.21. The van der Waals surface area contributed by atoms with Crippen molar-refractivity contribution in [3.63, 3.8) is 0 Å². The lowest BCUT2D eigenvalue weighted by Crippen LogP contribution is -2.47. The van der Waals surface area contributed by atoms with Crippen molar-refractivity contribution in [2.24, 2.45) is 0 Å². The van der Waals surface area contributed by atoms with E-state index in [9.17, 15) is 4.79 Å². The number of hydrogen-bond acceptors (Lipinski definition) is 5. The van der Waals surface area contributed by atoms with Crippen molar-refractivity contribution in [1.82, 2.24) is 10.3 Å². The highest BCUT2D eigenvalue weighted by Crippen LogP contribution is 2.34. The van der Waals surface area contributed by atoms with Gasteiger partial charge in [0, 0.05) is 26.4 Å². The first-order valence-electron chi connectivity index (χ1n) is 6.48. The van der Waals surface area contributed by atoms with Gasteiger partial charge < -0.3 is 14.8 Å². The molecule has 104 valence electrons. The Morgan fingerprint density at radius 1 is 1.42 bits per heavy atom. The Balaban J connectivity index is 1.81. The summed E-state index contributed by atoms with van der Waals surface area (Å²) < 4.78 is 10.2. The third kappa shape index (κ3) is 3.30. The number of pyridine rings is 1. The number of aromatic nitrogens is 1. The van der Waals surface area contributed by atoms with Crippen molar-refractivity contribution in [2.75, 3.05) is 20.8 Å². The highest BCUT2D eigenvalue weighted by molar-refractivity contribution is 5.88. The molecule has 19 heavy (non-hydrogen) atoms. The molecule has 0 aliphatic heterocycles. The zero-order valence-electron chi connectivity index (χ0n) is 11.4. The molecule has 0 aromatic carbocycles. The van der Waals surface area contributed by atoms with E-state index >= 15 is 0 Å². The normalized spacial score (nSPS) is 16.7. The lowest BCUT2D eigenvalue weighted by Gasteiger charge is -2.40. The Kier molecular flexibility index (Phi) is 4.50. The van der Waals surface area contributed by atoms with Crippen LogP contribution in [0, 0.1) is 0 Å². The predicted octanol–water partition coefficient (Wildman–Crippen LogP) is 1.53. The molecule has 0 bridgehead atoms. The second-order valence-corrected chi connectivity index (χ2v) is 4.87. The first-order valence-corrected chi connectivity index (χ1v) is 6.48. The lowest BCUT2D eigenvalue weighted by atomic mass is 9.80. The monoisotopic (exact) mass is 264 g/mol. The number of esters is 1. The van der Waals surface area contributed by atoms with Crippen LogP contribution < -0.4 is 5.32 Å². The molecule has 2 rings (SSSR count). The van der Waals surface area contributed by atoms with Gasteiger partial charge in [-0.3, -0.25) is 4.98 Å². The van der Waals surface area contributed by atoms with Gasteiger partial charge in [-0.1, -0.05) is 0 Å². The molecule has 1 aromatic heterocycles. The van der Waals surface area contributed by atoms with Gasteiger partial charge in [-0.25, -0.2) is 4.79 Å². The predicted molar refractivity (Wildman–Crippen MR) is 70.9 cm³/mol. The minimum Gasteiger partial charge on any atom is -0.465 e. The van der Waals surface area contributed by atoms with Crippen molar-refractivity contribution in [3.8, 4) is 0 Å². The van der Waals surface area contributed by atoms with Crippen LogP contribution in [0.25, 0.3) is 0 Å². The molecular formula is C14H20N2O3. The van der Waals surface area contributed by atoms with E-state index in [2.05, 4.69) is 15.0 Å². The van der Waals surface area contributed by atoms with Gasteiger partial charge in [0.15, 0.2) is 0 Å². The zero-order valence-corrected chi connectivity index (χ0v) is 11.4. The number of nitrogens with one attached hydrogen (secondary N) is 1. The van der Waals surface area contributed by atoms with Crippen LogP contribution in [0.5, 0.6) is 0 Å². The van der Waals surface area contributed by atoms with Gasteiger partial charge in [0.1, 0.15) is 0 Å². The summed E-state index contributed by atoms with van der Waals surface area (Å²) in [4.78, 5) is 15.5. The van der Waals surface area contributed by atoms with Gasteiger partial charge in [-0.15, -0.1) is 0 Å². The molecular weight excluding hydrogens is 244 g/mol. The standard InChI is InChI=1S/C14H20N2O3/c1-18-13(17)11-4-5-12(16-8-11)9-15-10-14(19-2)6-3-7-14/h4-5,8,15H,3,6-7,9-10H2,1-2H3. The summed E-state index contributed by atoms with van der Waals surface area (Å²) in [6.45, 7) is 1.51. The van der Waals surface area contributed by atoms with E-state index in [1.54, 1.807) is 13.2 Å². The highest BCUT2D eigenvalue weighted by Gasteiger charge is 2.36. The minimum absolute atomic E-state index is 0.0198. The van der Waals surface area contributed by atoms with Gasteiger partial charge in [0.05, 0.1) is 24.0 Å². The molecule has 0 radical (unpaired) electrons. The van der Waals surface area contributed by atoms with Crippen molar-refractivity contribution in [3.05, 3.63) is 29.6 Å². The first-order chi connectivity index (χ1) is 9.19. The molecule has 1 aromatic rings. The molecule has 1 aliphatic carbocycles. The fourth-order valence-corrected chi connectivity index (χ4v) is 2.21. The number of nitrogens with zero attached hydrogens (tertiary/aromatic N) is 1. The van der Waals surface area contributed by atoms with Crippen LogP contribution in [-0.2, 0) is 16.0 Å². The van der Waals surface area contributed by atoms with E-state index in [0.717, 1.165) is 25.1 Å². The molecule has 0 amide bonds. The second kappa shape index (κ2) is 6.12. The number of carbonyl (C=O) groups excluding carboxylic acids is 1. The third-order valence-electron chi connectivity index (χ3n) is 3.70. The summed E-state index contributed by atoms with van der Waals surface area (Å²) in [6.07, 6.45) is 5.01. The van der Waals surface area contributed by atoms with Crippen LogP contribution >= 0.6 is 0 Å². The van der Waals surface area contributed by atoms with E-state index in [1.807, 2.05) is 6.07 Å². The summed E-state index contributed by atoms with van der Waals surface area (Å²) in [5.74, 6) is -0.361. The van der Waals surface area contributed by atoms with Crippen LogP contribution in [-0.4, -0.2) is 37.3 Å². The molecule has 1 N–H and O–H groups in total. The van der Waals surface area contributed by atoms with Crippen LogP contribution in [0.1, 0.15) is 35.3 Å². The van der Waals surface area contributed by atoms with Gasteiger partial charge in [0.2, 0.25) is 0 Å². The Labute approximate surface area is 113 Å². The molecule has 1 heterocycles. The highest BCUT2D eigenvalue weighted by atomic mass is 16.5.